The Kier molecular flexibility index (Phi) is 5.09. The van der Waals surface area contributed by atoms with Crippen LogP contribution in [-0.4, -0.2) is 38.9 Å². The summed E-state index contributed by atoms with van der Waals surface area (Å²) in [5.41, 5.74) is 6.13. The Labute approximate surface area is 102 Å². The van der Waals surface area contributed by atoms with Crippen LogP contribution in [0.5, 0.6) is 0 Å². The fourth-order valence-electron chi connectivity index (χ4n) is 1.60. The maximum absolute atomic E-state index is 12.0. The van der Waals surface area contributed by atoms with E-state index in [1.54, 1.807) is 6.20 Å². The van der Waals surface area contributed by atoms with E-state index in [1.165, 1.54) is 4.68 Å². The highest BCUT2D eigenvalue weighted by molar-refractivity contribution is 5.75. The molecule has 1 aromatic rings. The second kappa shape index (κ2) is 6.34. The van der Waals surface area contributed by atoms with E-state index in [1.807, 2.05) is 11.8 Å². The summed E-state index contributed by atoms with van der Waals surface area (Å²) < 4.78 is 1.54. The van der Waals surface area contributed by atoms with Crippen LogP contribution in [0.15, 0.2) is 6.20 Å². The van der Waals surface area contributed by atoms with Gasteiger partial charge in [0.1, 0.15) is 6.54 Å². The van der Waals surface area contributed by atoms with E-state index in [9.17, 15) is 4.79 Å². The van der Waals surface area contributed by atoms with Gasteiger partial charge in [0.05, 0.1) is 11.9 Å². The second-order valence-corrected chi connectivity index (χ2v) is 4.44. The zero-order valence-corrected chi connectivity index (χ0v) is 10.8. The third-order valence-electron chi connectivity index (χ3n) is 2.41. The molecular weight excluding hydrogens is 218 g/mol. The largest absolute Gasteiger partial charge is 0.341 e. The van der Waals surface area contributed by atoms with Crippen LogP contribution in [0.25, 0.3) is 0 Å². The van der Waals surface area contributed by atoms with Crippen LogP contribution in [0.1, 0.15) is 26.5 Å². The number of likely N-dealkylation sites (N-methyl/N-ethyl adjacent to an activating group) is 1. The summed E-state index contributed by atoms with van der Waals surface area (Å²) in [6, 6.07) is 0. The molecular formula is C11H21N5O. The van der Waals surface area contributed by atoms with Crippen molar-refractivity contribution in [3.05, 3.63) is 11.9 Å². The van der Waals surface area contributed by atoms with Crippen molar-refractivity contribution >= 4 is 5.91 Å². The van der Waals surface area contributed by atoms with Gasteiger partial charge >= 0.3 is 0 Å². The number of hydrogen-bond donors (Lipinski definition) is 1. The summed E-state index contributed by atoms with van der Waals surface area (Å²) in [5, 5.41) is 7.71. The number of nitrogens with two attached hydrogens (primary N) is 1. The van der Waals surface area contributed by atoms with E-state index in [4.69, 9.17) is 5.73 Å². The van der Waals surface area contributed by atoms with Crippen LogP contribution in [0.2, 0.25) is 0 Å². The monoisotopic (exact) mass is 239 g/mol. The van der Waals surface area contributed by atoms with Gasteiger partial charge in [-0.25, -0.2) is 4.68 Å². The highest BCUT2D eigenvalue weighted by Crippen LogP contribution is 2.01. The summed E-state index contributed by atoms with van der Waals surface area (Å²) in [6.45, 7) is 8.23. The average molecular weight is 239 g/mol. The van der Waals surface area contributed by atoms with Crippen LogP contribution in [0.3, 0.4) is 0 Å². The number of rotatable bonds is 6. The topological polar surface area (TPSA) is 77.0 Å². The van der Waals surface area contributed by atoms with E-state index < -0.39 is 0 Å². The molecule has 0 unspecified atom stereocenters. The van der Waals surface area contributed by atoms with Crippen molar-refractivity contribution in [3.63, 3.8) is 0 Å². The first kappa shape index (κ1) is 13.6. The summed E-state index contributed by atoms with van der Waals surface area (Å²) in [4.78, 5) is 13.8. The van der Waals surface area contributed by atoms with Gasteiger partial charge in [-0.1, -0.05) is 19.1 Å². The van der Waals surface area contributed by atoms with Gasteiger partial charge in [0, 0.05) is 19.6 Å². The molecule has 6 heteroatoms. The Balaban J connectivity index is 2.57. The van der Waals surface area contributed by atoms with Crippen molar-refractivity contribution < 1.29 is 4.79 Å². The number of hydrogen-bond acceptors (Lipinski definition) is 4. The molecule has 0 fully saturated rings. The zero-order valence-electron chi connectivity index (χ0n) is 10.8. The van der Waals surface area contributed by atoms with Crippen molar-refractivity contribution in [1.29, 1.82) is 0 Å². The summed E-state index contributed by atoms with van der Waals surface area (Å²) in [7, 11) is 0. The molecule has 0 saturated heterocycles. The van der Waals surface area contributed by atoms with Crippen molar-refractivity contribution in [1.82, 2.24) is 19.9 Å². The van der Waals surface area contributed by atoms with E-state index in [0.717, 1.165) is 13.1 Å². The van der Waals surface area contributed by atoms with Crippen LogP contribution >= 0.6 is 0 Å². The fraction of sp³-hybridized carbons (Fsp3) is 0.727. The summed E-state index contributed by atoms with van der Waals surface area (Å²) in [6.07, 6.45) is 1.71. The maximum Gasteiger partial charge on any atom is 0.244 e. The number of aromatic nitrogens is 3. The first-order chi connectivity index (χ1) is 8.06. The second-order valence-electron chi connectivity index (χ2n) is 4.44. The lowest BCUT2D eigenvalue weighted by Gasteiger charge is -2.22. The summed E-state index contributed by atoms with van der Waals surface area (Å²) >= 11 is 0. The Morgan fingerprint density at radius 3 is 2.76 bits per heavy atom. The van der Waals surface area contributed by atoms with Gasteiger partial charge in [-0.3, -0.25) is 4.79 Å². The van der Waals surface area contributed by atoms with Gasteiger partial charge in [0.25, 0.3) is 0 Å². The molecule has 0 aromatic carbocycles. The molecule has 0 atom stereocenters. The van der Waals surface area contributed by atoms with E-state index in [0.29, 0.717) is 18.2 Å². The van der Waals surface area contributed by atoms with Gasteiger partial charge in [0.15, 0.2) is 0 Å². The molecule has 0 bridgehead atoms. The minimum Gasteiger partial charge on any atom is -0.341 e. The molecule has 0 saturated carbocycles. The van der Waals surface area contributed by atoms with Crippen LogP contribution in [0.4, 0.5) is 0 Å². The molecule has 0 aliphatic rings. The minimum atomic E-state index is 0.0645. The lowest BCUT2D eigenvalue weighted by molar-refractivity contribution is -0.132. The number of carbonyl (C=O) groups is 1. The van der Waals surface area contributed by atoms with E-state index >= 15 is 0 Å². The third-order valence-corrected chi connectivity index (χ3v) is 2.41. The minimum absolute atomic E-state index is 0.0645. The molecule has 6 nitrogen and oxygen atoms in total. The number of carbonyl (C=O) groups excluding carboxylic acids is 1. The van der Waals surface area contributed by atoms with Crippen LogP contribution in [0, 0.1) is 5.92 Å². The fourth-order valence-corrected chi connectivity index (χ4v) is 1.60. The van der Waals surface area contributed by atoms with Crippen molar-refractivity contribution in [3.8, 4) is 0 Å². The van der Waals surface area contributed by atoms with Gasteiger partial charge in [-0.2, -0.15) is 0 Å². The Hall–Kier alpha value is -1.43. The Bertz CT molecular complexity index is 360. The Morgan fingerprint density at radius 2 is 2.29 bits per heavy atom. The number of nitrogens with zero attached hydrogens (tertiary/aromatic N) is 4. The van der Waals surface area contributed by atoms with Crippen LogP contribution in [-0.2, 0) is 17.9 Å². The first-order valence-corrected chi connectivity index (χ1v) is 5.93. The molecule has 2 N–H and O–H groups in total. The molecule has 1 aromatic heterocycles. The SMILES string of the molecule is CCN(CC(C)C)C(=O)Cn1cc(CN)nn1. The molecule has 0 aliphatic carbocycles. The molecule has 0 radical (unpaired) electrons. The number of amides is 1. The van der Waals surface area contributed by atoms with Gasteiger partial charge in [-0.15, -0.1) is 5.10 Å². The lowest BCUT2D eigenvalue weighted by atomic mass is 10.2. The van der Waals surface area contributed by atoms with Gasteiger partial charge in [0.2, 0.25) is 5.91 Å². The highest BCUT2D eigenvalue weighted by atomic mass is 16.2. The molecule has 96 valence electrons. The van der Waals surface area contributed by atoms with E-state index in [-0.39, 0.29) is 12.5 Å². The van der Waals surface area contributed by atoms with Crippen molar-refractivity contribution in [2.24, 2.45) is 11.7 Å². The molecule has 0 aliphatic heterocycles. The van der Waals surface area contributed by atoms with Gasteiger partial charge < -0.3 is 10.6 Å². The third kappa shape index (κ3) is 4.14. The predicted octanol–water partition coefficient (Wildman–Crippen LogP) is 0.241. The predicted molar refractivity (Wildman–Crippen MR) is 65.0 cm³/mol. The quantitative estimate of drug-likeness (QED) is 0.771. The first-order valence-electron chi connectivity index (χ1n) is 5.93. The normalized spacial score (nSPS) is 10.9. The van der Waals surface area contributed by atoms with Crippen molar-refractivity contribution in [2.45, 2.75) is 33.9 Å². The lowest BCUT2D eigenvalue weighted by Crippen LogP contribution is -2.36. The highest BCUT2D eigenvalue weighted by Gasteiger charge is 2.14. The van der Waals surface area contributed by atoms with Crippen molar-refractivity contribution in [2.75, 3.05) is 13.1 Å². The van der Waals surface area contributed by atoms with Crippen LogP contribution < -0.4 is 5.73 Å². The maximum atomic E-state index is 12.0. The smallest absolute Gasteiger partial charge is 0.244 e. The summed E-state index contributed by atoms with van der Waals surface area (Å²) in [5.74, 6) is 0.531. The van der Waals surface area contributed by atoms with Gasteiger partial charge in [-0.05, 0) is 12.8 Å². The zero-order chi connectivity index (χ0) is 12.8. The molecule has 17 heavy (non-hydrogen) atoms. The van der Waals surface area contributed by atoms with E-state index in [2.05, 4.69) is 24.2 Å². The molecule has 0 spiro atoms. The average Bonchev–Trinajstić information content (AvgIpc) is 2.73. The standard InChI is InChI=1S/C11H21N5O/c1-4-15(6-9(2)3)11(17)8-16-7-10(5-12)13-14-16/h7,9H,4-6,8,12H2,1-3H3. The Morgan fingerprint density at radius 1 is 1.59 bits per heavy atom. The molecule has 1 heterocycles. The molecule has 1 rings (SSSR count). The molecule has 1 amide bonds.